The van der Waals surface area contributed by atoms with Crippen LogP contribution in [0.2, 0.25) is 5.02 Å². The molecule has 0 saturated carbocycles. The van der Waals surface area contributed by atoms with E-state index in [0.29, 0.717) is 12.3 Å². The van der Waals surface area contributed by atoms with E-state index >= 15 is 0 Å². The van der Waals surface area contributed by atoms with Gasteiger partial charge in [-0.2, -0.15) is 5.26 Å². The summed E-state index contributed by atoms with van der Waals surface area (Å²) in [6, 6.07) is 10.7. The van der Waals surface area contributed by atoms with Gasteiger partial charge in [-0.1, -0.05) is 11.6 Å². The van der Waals surface area contributed by atoms with Gasteiger partial charge in [-0.15, -0.1) is 0 Å². The topological polar surface area (TPSA) is 109 Å². The Kier molecular flexibility index (Phi) is 6.00. The van der Waals surface area contributed by atoms with Gasteiger partial charge in [0.15, 0.2) is 11.5 Å². The molecule has 3 rings (SSSR count). The summed E-state index contributed by atoms with van der Waals surface area (Å²) in [5, 5.41) is 10.3. The molecule has 1 aliphatic heterocycles. The van der Waals surface area contributed by atoms with Gasteiger partial charge in [-0.25, -0.2) is 9.80 Å². The Morgan fingerprint density at radius 2 is 1.97 bits per heavy atom. The lowest BCUT2D eigenvalue weighted by Gasteiger charge is -2.27. The summed E-state index contributed by atoms with van der Waals surface area (Å²) in [6.07, 6.45) is 0.264. The Hall–Kier alpha value is -3.57. The zero-order valence-electron chi connectivity index (χ0n) is 15.4. The second-order valence-corrected chi connectivity index (χ2v) is 6.44. The quantitative estimate of drug-likeness (QED) is 0.596. The van der Waals surface area contributed by atoms with Crippen LogP contribution >= 0.6 is 11.6 Å². The number of hydrogen-bond donors (Lipinski definition) is 1. The van der Waals surface area contributed by atoms with Crippen molar-refractivity contribution in [2.45, 2.75) is 19.8 Å². The third kappa shape index (κ3) is 4.47. The summed E-state index contributed by atoms with van der Waals surface area (Å²) in [7, 11) is 0. The number of ether oxygens (including phenoxy) is 2. The van der Waals surface area contributed by atoms with Crippen LogP contribution in [0.1, 0.15) is 35.7 Å². The second-order valence-electron chi connectivity index (χ2n) is 6.03. The number of carbonyl (C=O) groups is 3. The van der Waals surface area contributed by atoms with Gasteiger partial charge in [-0.3, -0.25) is 15.0 Å². The van der Waals surface area contributed by atoms with Gasteiger partial charge in [0.25, 0.3) is 0 Å². The third-order valence-electron chi connectivity index (χ3n) is 4.05. The molecule has 0 spiro atoms. The summed E-state index contributed by atoms with van der Waals surface area (Å²) < 4.78 is 10.8. The predicted octanol–water partition coefficient (Wildman–Crippen LogP) is 2.99. The highest BCUT2D eigenvalue weighted by Crippen LogP contribution is 2.37. The predicted molar refractivity (Wildman–Crippen MR) is 104 cm³/mol. The number of halogens is 1. The second kappa shape index (κ2) is 8.63. The molecular formula is C20H16ClN3O5. The summed E-state index contributed by atoms with van der Waals surface area (Å²) in [5.41, 5.74) is 3.38. The van der Waals surface area contributed by atoms with Crippen molar-refractivity contribution in [1.29, 1.82) is 5.26 Å². The molecule has 29 heavy (non-hydrogen) atoms. The molecule has 0 atom stereocenters. The van der Waals surface area contributed by atoms with E-state index in [1.54, 1.807) is 6.92 Å². The van der Waals surface area contributed by atoms with Crippen molar-refractivity contribution in [2.75, 3.05) is 11.6 Å². The number of esters is 1. The minimum absolute atomic E-state index is 0.0139. The first-order valence-corrected chi connectivity index (χ1v) is 9.12. The Balaban J connectivity index is 1.81. The number of anilines is 1. The molecule has 1 N–H and O–H groups in total. The molecule has 1 heterocycles. The Morgan fingerprint density at radius 1 is 1.24 bits per heavy atom. The van der Waals surface area contributed by atoms with E-state index in [1.807, 2.05) is 6.07 Å². The van der Waals surface area contributed by atoms with E-state index in [4.69, 9.17) is 26.3 Å². The molecule has 1 saturated heterocycles. The van der Waals surface area contributed by atoms with E-state index in [1.165, 1.54) is 36.4 Å². The van der Waals surface area contributed by atoms with Crippen molar-refractivity contribution >= 4 is 35.1 Å². The van der Waals surface area contributed by atoms with Crippen LogP contribution in [0.4, 0.5) is 5.69 Å². The van der Waals surface area contributed by atoms with Crippen molar-refractivity contribution in [3.05, 3.63) is 52.5 Å². The molecule has 1 aliphatic rings. The van der Waals surface area contributed by atoms with Crippen molar-refractivity contribution in [1.82, 2.24) is 5.43 Å². The van der Waals surface area contributed by atoms with Crippen molar-refractivity contribution in [3.8, 4) is 17.6 Å². The van der Waals surface area contributed by atoms with Crippen LogP contribution in [0.5, 0.6) is 11.5 Å². The molecule has 0 aliphatic carbocycles. The first-order chi connectivity index (χ1) is 13.9. The highest BCUT2D eigenvalue weighted by atomic mass is 35.5. The fraction of sp³-hybridized carbons (Fsp3) is 0.200. The zero-order chi connectivity index (χ0) is 21.0. The molecule has 2 aromatic carbocycles. The number of hydrazine groups is 1. The molecule has 1 fully saturated rings. The fourth-order valence-electron chi connectivity index (χ4n) is 2.68. The minimum Gasteiger partial charge on any atom is -0.490 e. The Bertz CT molecular complexity index is 1010. The van der Waals surface area contributed by atoms with Crippen LogP contribution in [0.3, 0.4) is 0 Å². The first-order valence-electron chi connectivity index (χ1n) is 8.74. The molecule has 148 valence electrons. The maximum Gasteiger partial charge on any atom is 0.343 e. The SMILES string of the molecule is CCOc1cc(C#N)cc(Cl)c1OC(=O)c1ccc(N2NC(=O)CCC2=O)cc1. The molecular weight excluding hydrogens is 398 g/mol. The van der Waals surface area contributed by atoms with Gasteiger partial charge < -0.3 is 9.47 Å². The summed E-state index contributed by atoms with van der Waals surface area (Å²) in [4.78, 5) is 36.0. The van der Waals surface area contributed by atoms with E-state index < -0.39 is 5.97 Å². The van der Waals surface area contributed by atoms with Crippen molar-refractivity contribution in [3.63, 3.8) is 0 Å². The largest absolute Gasteiger partial charge is 0.490 e. The lowest BCUT2D eigenvalue weighted by molar-refractivity contribution is -0.130. The lowest BCUT2D eigenvalue weighted by Crippen LogP contribution is -2.50. The standard InChI is InChI=1S/C20H16ClN3O5/c1-2-28-16-10-12(11-22)9-15(21)19(16)29-20(27)13-3-5-14(6-4-13)24-18(26)8-7-17(25)23-24/h3-6,9-10H,2,7-8H2,1H3,(H,23,25). The molecule has 0 bridgehead atoms. The molecule has 2 aromatic rings. The molecule has 0 aromatic heterocycles. The van der Waals surface area contributed by atoms with Gasteiger partial charge >= 0.3 is 5.97 Å². The van der Waals surface area contributed by atoms with Crippen molar-refractivity contribution in [2.24, 2.45) is 0 Å². The molecule has 8 nitrogen and oxygen atoms in total. The number of amides is 2. The van der Waals surface area contributed by atoms with Crippen molar-refractivity contribution < 1.29 is 23.9 Å². The monoisotopic (exact) mass is 413 g/mol. The lowest BCUT2D eigenvalue weighted by atomic mass is 10.1. The van der Waals surface area contributed by atoms with E-state index in [0.717, 1.165) is 5.01 Å². The minimum atomic E-state index is -0.696. The van der Waals surface area contributed by atoms with E-state index in [2.05, 4.69) is 5.43 Å². The number of nitrogens with zero attached hydrogens (tertiary/aromatic N) is 2. The van der Waals surface area contributed by atoms with Gasteiger partial charge in [0.05, 0.1) is 34.5 Å². The fourth-order valence-corrected chi connectivity index (χ4v) is 2.93. The maximum atomic E-state index is 12.5. The summed E-state index contributed by atoms with van der Waals surface area (Å²) >= 11 is 6.14. The molecule has 0 unspecified atom stereocenters. The van der Waals surface area contributed by atoms with E-state index in [-0.39, 0.29) is 52.3 Å². The number of nitrogens with one attached hydrogen (secondary N) is 1. The van der Waals surface area contributed by atoms with Gasteiger partial charge in [-0.05, 0) is 37.3 Å². The van der Waals surface area contributed by atoms with E-state index in [9.17, 15) is 14.4 Å². The van der Waals surface area contributed by atoms with Crippen LogP contribution < -0.4 is 19.9 Å². The number of benzene rings is 2. The Morgan fingerprint density at radius 3 is 2.62 bits per heavy atom. The normalized spacial score (nSPS) is 13.5. The number of nitriles is 1. The average Bonchev–Trinajstić information content (AvgIpc) is 2.72. The molecule has 0 radical (unpaired) electrons. The van der Waals surface area contributed by atoms with Crippen LogP contribution in [0.25, 0.3) is 0 Å². The number of rotatable bonds is 5. The average molecular weight is 414 g/mol. The highest BCUT2D eigenvalue weighted by Gasteiger charge is 2.25. The number of carbonyl (C=O) groups excluding carboxylic acids is 3. The number of hydrogen-bond acceptors (Lipinski definition) is 6. The van der Waals surface area contributed by atoms with Gasteiger partial charge in [0.1, 0.15) is 0 Å². The van der Waals surface area contributed by atoms with Crippen LogP contribution in [-0.4, -0.2) is 24.4 Å². The first kappa shape index (κ1) is 20.2. The maximum absolute atomic E-state index is 12.5. The van der Waals surface area contributed by atoms with Crippen LogP contribution in [0, 0.1) is 11.3 Å². The zero-order valence-corrected chi connectivity index (χ0v) is 16.2. The molecule has 9 heteroatoms. The summed E-state index contributed by atoms with van der Waals surface area (Å²) in [6.45, 7) is 2.04. The van der Waals surface area contributed by atoms with Crippen LogP contribution in [-0.2, 0) is 9.59 Å². The summed E-state index contributed by atoms with van der Waals surface area (Å²) in [5.74, 6) is -1.00. The molecule has 2 amide bonds. The smallest absolute Gasteiger partial charge is 0.343 e. The third-order valence-corrected chi connectivity index (χ3v) is 4.33. The van der Waals surface area contributed by atoms with Gasteiger partial charge in [0.2, 0.25) is 11.8 Å². The highest BCUT2D eigenvalue weighted by molar-refractivity contribution is 6.32. The Labute approximate surface area is 171 Å². The van der Waals surface area contributed by atoms with Gasteiger partial charge in [0, 0.05) is 18.9 Å². The van der Waals surface area contributed by atoms with Crippen LogP contribution in [0.15, 0.2) is 36.4 Å².